The van der Waals surface area contributed by atoms with E-state index in [9.17, 15) is 18.3 Å². The number of nitrogens with zero attached hydrogens (tertiary/aromatic N) is 1. The molecule has 0 unspecified atom stereocenters. The first-order chi connectivity index (χ1) is 8.47. The summed E-state index contributed by atoms with van der Waals surface area (Å²) in [4.78, 5) is 2.20. The molecule has 1 aliphatic rings. The predicted octanol–water partition coefficient (Wildman–Crippen LogP) is 3.40. The van der Waals surface area contributed by atoms with Crippen LogP contribution < -0.4 is 0 Å². The van der Waals surface area contributed by atoms with Gasteiger partial charge in [-0.05, 0) is 43.6 Å². The Labute approximate surface area is 104 Å². The molecule has 5 heteroatoms. The third kappa shape index (κ3) is 3.16. The first kappa shape index (κ1) is 13.2. The van der Waals surface area contributed by atoms with Crippen LogP contribution in [0.25, 0.3) is 0 Å². The third-order valence-corrected chi connectivity index (χ3v) is 3.22. The Hall–Kier alpha value is -1.23. The van der Waals surface area contributed by atoms with Gasteiger partial charge < -0.3 is 5.11 Å². The van der Waals surface area contributed by atoms with Crippen molar-refractivity contribution in [3.8, 4) is 5.75 Å². The number of phenols is 1. The van der Waals surface area contributed by atoms with Gasteiger partial charge in [0.2, 0.25) is 0 Å². The van der Waals surface area contributed by atoms with Crippen LogP contribution in [0.15, 0.2) is 18.2 Å². The fourth-order valence-corrected chi connectivity index (χ4v) is 2.29. The number of halogens is 3. The van der Waals surface area contributed by atoms with Gasteiger partial charge in [0.1, 0.15) is 5.75 Å². The first-order valence-electron chi connectivity index (χ1n) is 6.08. The molecule has 0 bridgehead atoms. The van der Waals surface area contributed by atoms with E-state index in [2.05, 4.69) is 4.90 Å². The normalized spacial score (nSPS) is 17.9. The largest absolute Gasteiger partial charge is 0.507 e. The third-order valence-electron chi connectivity index (χ3n) is 3.22. The van der Waals surface area contributed by atoms with Crippen LogP contribution in [0.4, 0.5) is 13.2 Å². The van der Waals surface area contributed by atoms with E-state index in [1.807, 2.05) is 0 Å². The van der Waals surface area contributed by atoms with Crippen LogP contribution in [0.3, 0.4) is 0 Å². The molecule has 1 aliphatic heterocycles. The summed E-state index contributed by atoms with van der Waals surface area (Å²) < 4.78 is 37.4. The van der Waals surface area contributed by atoms with E-state index < -0.39 is 17.5 Å². The number of benzene rings is 1. The van der Waals surface area contributed by atoms with E-state index >= 15 is 0 Å². The molecule has 1 heterocycles. The molecule has 0 saturated carbocycles. The average molecular weight is 259 g/mol. The maximum Gasteiger partial charge on any atom is 0.419 e. The lowest BCUT2D eigenvalue weighted by molar-refractivity contribution is -0.138. The monoisotopic (exact) mass is 259 g/mol. The van der Waals surface area contributed by atoms with Crippen LogP contribution in [0.2, 0.25) is 0 Å². The number of hydrogen-bond donors (Lipinski definition) is 1. The first-order valence-corrected chi connectivity index (χ1v) is 6.08. The zero-order chi connectivity index (χ0) is 13.2. The van der Waals surface area contributed by atoms with Crippen LogP contribution >= 0.6 is 0 Å². The predicted molar refractivity (Wildman–Crippen MR) is 62.2 cm³/mol. The topological polar surface area (TPSA) is 23.5 Å². The zero-order valence-electron chi connectivity index (χ0n) is 10.0. The molecule has 1 fully saturated rings. The summed E-state index contributed by atoms with van der Waals surface area (Å²) in [6.07, 6.45) is -1.01. The summed E-state index contributed by atoms with van der Waals surface area (Å²) in [7, 11) is 0. The van der Waals surface area contributed by atoms with Crippen molar-refractivity contribution in [1.29, 1.82) is 0 Å². The highest BCUT2D eigenvalue weighted by molar-refractivity contribution is 5.38. The Morgan fingerprint density at radius 3 is 2.33 bits per heavy atom. The highest BCUT2D eigenvalue weighted by atomic mass is 19.4. The van der Waals surface area contributed by atoms with E-state index in [4.69, 9.17) is 0 Å². The van der Waals surface area contributed by atoms with Crippen molar-refractivity contribution in [1.82, 2.24) is 4.90 Å². The maximum atomic E-state index is 12.5. The SMILES string of the molecule is Oc1cc(CN2CCCCC2)ccc1C(F)(F)F. The molecule has 0 radical (unpaired) electrons. The minimum Gasteiger partial charge on any atom is -0.507 e. The van der Waals surface area contributed by atoms with Crippen molar-refractivity contribution in [3.63, 3.8) is 0 Å². The Morgan fingerprint density at radius 2 is 1.78 bits per heavy atom. The van der Waals surface area contributed by atoms with Gasteiger partial charge in [-0.25, -0.2) is 0 Å². The molecular weight excluding hydrogens is 243 g/mol. The number of piperidine rings is 1. The van der Waals surface area contributed by atoms with Gasteiger partial charge in [0, 0.05) is 6.54 Å². The molecule has 0 amide bonds. The lowest BCUT2D eigenvalue weighted by Crippen LogP contribution is -2.29. The van der Waals surface area contributed by atoms with E-state index in [1.165, 1.54) is 18.6 Å². The number of aromatic hydroxyl groups is 1. The fourth-order valence-electron chi connectivity index (χ4n) is 2.29. The van der Waals surface area contributed by atoms with Gasteiger partial charge >= 0.3 is 6.18 Å². The van der Waals surface area contributed by atoms with Gasteiger partial charge in [0.15, 0.2) is 0 Å². The molecular formula is C13H16F3NO. The van der Waals surface area contributed by atoms with Crippen LogP contribution in [-0.2, 0) is 12.7 Å². The quantitative estimate of drug-likeness (QED) is 0.880. The molecule has 18 heavy (non-hydrogen) atoms. The maximum absolute atomic E-state index is 12.5. The molecule has 0 aliphatic carbocycles. The molecule has 2 rings (SSSR count). The molecule has 0 atom stereocenters. The zero-order valence-corrected chi connectivity index (χ0v) is 10.0. The number of phenolic OH excluding ortho intramolecular Hbond substituents is 1. The van der Waals surface area contributed by atoms with E-state index in [1.54, 1.807) is 0 Å². The second kappa shape index (κ2) is 5.18. The van der Waals surface area contributed by atoms with E-state index in [0.29, 0.717) is 6.54 Å². The molecule has 1 N–H and O–H groups in total. The molecule has 0 aromatic heterocycles. The smallest absolute Gasteiger partial charge is 0.419 e. The van der Waals surface area contributed by atoms with Crippen LogP contribution in [0, 0.1) is 0 Å². The highest BCUT2D eigenvalue weighted by Crippen LogP contribution is 2.36. The minimum atomic E-state index is -4.49. The summed E-state index contributed by atoms with van der Waals surface area (Å²) in [5.74, 6) is -0.683. The summed E-state index contributed by atoms with van der Waals surface area (Å²) in [6, 6.07) is 3.61. The van der Waals surface area contributed by atoms with Crippen molar-refractivity contribution in [2.75, 3.05) is 13.1 Å². The Kier molecular flexibility index (Phi) is 3.80. The van der Waals surface area contributed by atoms with Crippen LogP contribution in [-0.4, -0.2) is 23.1 Å². The van der Waals surface area contributed by atoms with E-state index in [-0.39, 0.29) is 0 Å². The van der Waals surface area contributed by atoms with Gasteiger partial charge in [-0.2, -0.15) is 13.2 Å². The van der Waals surface area contributed by atoms with Gasteiger partial charge in [-0.3, -0.25) is 4.90 Å². The van der Waals surface area contributed by atoms with E-state index in [0.717, 1.165) is 37.6 Å². The highest BCUT2D eigenvalue weighted by Gasteiger charge is 2.33. The summed E-state index contributed by atoms with van der Waals surface area (Å²) >= 11 is 0. The van der Waals surface area contributed by atoms with Crippen molar-refractivity contribution < 1.29 is 18.3 Å². The molecule has 2 nitrogen and oxygen atoms in total. The number of hydrogen-bond acceptors (Lipinski definition) is 2. The van der Waals surface area contributed by atoms with Gasteiger partial charge in [-0.15, -0.1) is 0 Å². The minimum absolute atomic E-state index is 0.603. The Balaban J connectivity index is 2.08. The fraction of sp³-hybridized carbons (Fsp3) is 0.538. The number of likely N-dealkylation sites (tertiary alicyclic amines) is 1. The lowest BCUT2D eigenvalue weighted by Gasteiger charge is -2.26. The van der Waals surface area contributed by atoms with Crippen molar-refractivity contribution in [2.24, 2.45) is 0 Å². The second-order valence-electron chi connectivity index (χ2n) is 4.69. The summed E-state index contributed by atoms with van der Waals surface area (Å²) in [5, 5.41) is 9.42. The molecule has 100 valence electrons. The lowest BCUT2D eigenvalue weighted by atomic mass is 10.1. The summed E-state index contributed by atoms with van der Waals surface area (Å²) in [5.41, 5.74) is -0.243. The Bertz CT molecular complexity index is 411. The van der Waals surface area contributed by atoms with Gasteiger partial charge in [-0.1, -0.05) is 12.5 Å². The van der Waals surface area contributed by atoms with Gasteiger partial charge in [0.05, 0.1) is 5.56 Å². The average Bonchev–Trinajstić information content (AvgIpc) is 2.28. The van der Waals surface area contributed by atoms with Crippen molar-refractivity contribution in [3.05, 3.63) is 29.3 Å². The summed E-state index contributed by atoms with van der Waals surface area (Å²) in [6.45, 7) is 2.55. The van der Waals surface area contributed by atoms with Crippen LogP contribution in [0.1, 0.15) is 30.4 Å². The standard InChI is InChI=1S/C13H16F3NO/c14-13(15,16)11-5-4-10(8-12(11)18)9-17-6-2-1-3-7-17/h4-5,8,18H,1-3,6-7,9H2. The van der Waals surface area contributed by atoms with Crippen molar-refractivity contribution >= 4 is 0 Å². The number of alkyl halides is 3. The van der Waals surface area contributed by atoms with Crippen molar-refractivity contribution in [2.45, 2.75) is 32.0 Å². The molecule has 1 saturated heterocycles. The molecule has 1 aromatic rings. The number of rotatable bonds is 2. The van der Waals surface area contributed by atoms with Crippen LogP contribution in [0.5, 0.6) is 5.75 Å². The molecule has 0 spiro atoms. The Morgan fingerprint density at radius 1 is 1.11 bits per heavy atom. The second-order valence-corrected chi connectivity index (χ2v) is 4.69. The van der Waals surface area contributed by atoms with Gasteiger partial charge in [0.25, 0.3) is 0 Å². The molecule has 1 aromatic carbocycles.